The molecule has 0 unspecified atom stereocenters. The highest BCUT2D eigenvalue weighted by molar-refractivity contribution is 9.11. The van der Waals surface area contributed by atoms with Crippen molar-refractivity contribution < 1.29 is 4.43 Å². The molecule has 0 aliphatic heterocycles. The van der Waals surface area contributed by atoms with E-state index in [1.807, 2.05) is 11.3 Å². The van der Waals surface area contributed by atoms with E-state index >= 15 is 0 Å². The monoisotopic (exact) mass is 458 g/mol. The maximum absolute atomic E-state index is 6.93. The van der Waals surface area contributed by atoms with Gasteiger partial charge in [0.2, 0.25) is 8.32 Å². The Hall–Kier alpha value is -1.20. The topological polar surface area (TPSA) is 9.23 Å². The molecule has 0 amide bonds. The SMILES string of the molecule is CC(C)[Si](OCc1ccccc1)(c1sc(Br)cc1-c1ccccc1)C(C)C. The summed E-state index contributed by atoms with van der Waals surface area (Å²) in [5, 5.41) is 0. The van der Waals surface area contributed by atoms with Crippen LogP contribution in [0.3, 0.4) is 0 Å². The quantitative estimate of drug-likeness (QED) is 0.335. The highest BCUT2D eigenvalue weighted by Crippen LogP contribution is 2.40. The van der Waals surface area contributed by atoms with Gasteiger partial charge in [0.1, 0.15) is 0 Å². The van der Waals surface area contributed by atoms with Crippen molar-refractivity contribution >= 4 is 40.1 Å². The number of thiophene rings is 1. The van der Waals surface area contributed by atoms with E-state index in [1.54, 1.807) is 0 Å². The first-order chi connectivity index (χ1) is 12.9. The van der Waals surface area contributed by atoms with Crippen LogP contribution in [0.1, 0.15) is 33.3 Å². The third-order valence-corrected chi connectivity index (χ3v) is 12.9. The first-order valence-electron chi connectivity index (χ1n) is 9.48. The molecule has 3 rings (SSSR count). The third kappa shape index (κ3) is 4.29. The Balaban J connectivity index is 2.09. The van der Waals surface area contributed by atoms with Gasteiger partial charge in [-0.1, -0.05) is 88.4 Å². The first kappa shape index (κ1) is 20.5. The molecule has 0 bridgehead atoms. The van der Waals surface area contributed by atoms with E-state index in [0.29, 0.717) is 17.7 Å². The summed E-state index contributed by atoms with van der Waals surface area (Å²) in [7, 11) is -2.23. The fourth-order valence-corrected chi connectivity index (χ4v) is 12.5. The lowest BCUT2D eigenvalue weighted by atomic mass is 10.1. The molecule has 1 aromatic heterocycles. The molecule has 3 aromatic rings. The molecule has 0 spiro atoms. The van der Waals surface area contributed by atoms with Crippen LogP contribution in [-0.2, 0) is 11.0 Å². The second-order valence-electron chi connectivity index (χ2n) is 7.54. The normalized spacial score (nSPS) is 12.1. The average molecular weight is 460 g/mol. The Kier molecular flexibility index (Phi) is 6.74. The van der Waals surface area contributed by atoms with Gasteiger partial charge in [0.25, 0.3) is 0 Å². The lowest BCUT2D eigenvalue weighted by molar-refractivity contribution is 0.283. The molecule has 0 radical (unpaired) electrons. The van der Waals surface area contributed by atoms with Crippen molar-refractivity contribution in [2.45, 2.75) is 45.4 Å². The third-order valence-electron chi connectivity index (χ3n) is 5.18. The van der Waals surface area contributed by atoms with Crippen molar-refractivity contribution in [2.24, 2.45) is 0 Å². The molecule has 0 aliphatic carbocycles. The zero-order chi connectivity index (χ0) is 19.4. The van der Waals surface area contributed by atoms with Gasteiger partial charge in [-0.15, -0.1) is 11.3 Å². The predicted molar refractivity (Wildman–Crippen MR) is 124 cm³/mol. The highest BCUT2D eigenvalue weighted by atomic mass is 79.9. The summed E-state index contributed by atoms with van der Waals surface area (Å²) in [4.78, 5) is 0. The van der Waals surface area contributed by atoms with Crippen LogP contribution in [-0.4, -0.2) is 8.32 Å². The van der Waals surface area contributed by atoms with Gasteiger partial charge in [0, 0.05) is 4.50 Å². The molecule has 0 saturated carbocycles. The van der Waals surface area contributed by atoms with E-state index in [2.05, 4.69) is 110 Å². The van der Waals surface area contributed by atoms with E-state index in [1.165, 1.54) is 25.0 Å². The van der Waals surface area contributed by atoms with E-state index in [0.717, 1.165) is 0 Å². The van der Waals surface area contributed by atoms with Crippen LogP contribution in [0.4, 0.5) is 0 Å². The molecule has 0 fully saturated rings. The van der Waals surface area contributed by atoms with Crippen molar-refractivity contribution in [3.8, 4) is 11.1 Å². The summed E-state index contributed by atoms with van der Waals surface area (Å²) in [5.74, 6) is 0. The van der Waals surface area contributed by atoms with Crippen molar-refractivity contribution in [2.75, 3.05) is 0 Å². The van der Waals surface area contributed by atoms with Gasteiger partial charge in [0.05, 0.1) is 10.4 Å². The summed E-state index contributed by atoms with van der Waals surface area (Å²) >= 11 is 5.61. The molecular formula is C23H27BrOSSi. The van der Waals surface area contributed by atoms with Crippen molar-refractivity contribution in [1.82, 2.24) is 0 Å². The maximum Gasteiger partial charge on any atom is 0.240 e. The number of halogens is 1. The van der Waals surface area contributed by atoms with E-state index in [4.69, 9.17) is 4.43 Å². The maximum atomic E-state index is 6.93. The summed E-state index contributed by atoms with van der Waals surface area (Å²) in [6.07, 6.45) is 0. The Morgan fingerprint density at radius 2 is 1.44 bits per heavy atom. The van der Waals surface area contributed by atoms with Gasteiger partial charge in [0.15, 0.2) is 0 Å². The fourth-order valence-electron chi connectivity index (χ4n) is 3.85. The van der Waals surface area contributed by atoms with E-state index < -0.39 is 8.32 Å². The van der Waals surface area contributed by atoms with E-state index in [9.17, 15) is 0 Å². The number of hydrogen-bond acceptors (Lipinski definition) is 2. The number of rotatable bonds is 7. The summed E-state index contributed by atoms with van der Waals surface area (Å²) in [6, 6.07) is 23.5. The van der Waals surface area contributed by atoms with Gasteiger partial charge >= 0.3 is 0 Å². The molecule has 1 nitrogen and oxygen atoms in total. The average Bonchev–Trinajstić information content (AvgIpc) is 3.05. The zero-order valence-electron chi connectivity index (χ0n) is 16.4. The Bertz CT molecular complexity index is 851. The van der Waals surface area contributed by atoms with Gasteiger partial charge < -0.3 is 4.43 Å². The zero-order valence-corrected chi connectivity index (χ0v) is 19.8. The van der Waals surface area contributed by atoms with E-state index in [-0.39, 0.29) is 0 Å². The smallest absolute Gasteiger partial charge is 0.240 e. The van der Waals surface area contributed by atoms with Gasteiger partial charge in [-0.25, -0.2) is 0 Å². The molecule has 2 aromatic carbocycles. The second-order valence-corrected chi connectivity index (χ2v) is 15.0. The fraction of sp³-hybridized carbons (Fsp3) is 0.304. The molecule has 1 heterocycles. The lowest BCUT2D eigenvalue weighted by Crippen LogP contribution is -2.55. The van der Waals surface area contributed by atoms with Crippen LogP contribution in [0.2, 0.25) is 11.1 Å². The molecule has 27 heavy (non-hydrogen) atoms. The van der Waals surface area contributed by atoms with Crippen molar-refractivity contribution in [1.29, 1.82) is 0 Å². The number of benzene rings is 2. The standard InChI is InChI=1S/C23H27BrOSSi/c1-17(2)27(18(3)4,25-16-19-11-7-5-8-12-19)23-21(15-22(24)26-23)20-13-9-6-10-14-20/h5-15,17-18H,16H2,1-4H3. The van der Waals surface area contributed by atoms with Crippen LogP contribution in [0, 0.1) is 0 Å². The minimum Gasteiger partial charge on any atom is -0.407 e. The van der Waals surface area contributed by atoms with Crippen LogP contribution in [0.15, 0.2) is 70.5 Å². The summed E-state index contributed by atoms with van der Waals surface area (Å²) in [5.41, 5.74) is 4.81. The Morgan fingerprint density at radius 3 is 2.00 bits per heavy atom. The second kappa shape index (κ2) is 8.87. The largest absolute Gasteiger partial charge is 0.407 e. The van der Waals surface area contributed by atoms with Gasteiger partial charge in [-0.2, -0.15) is 0 Å². The minimum atomic E-state index is -2.23. The van der Waals surface area contributed by atoms with Crippen LogP contribution >= 0.6 is 27.3 Å². The van der Waals surface area contributed by atoms with Crippen LogP contribution < -0.4 is 4.50 Å². The van der Waals surface area contributed by atoms with Crippen molar-refractivity contribution in [3.05, 3.63) is 76.1 Å². The molecule has 0 aliphatic rings. The van der Waals surface area contributed by atoms with Crippen LogP contribution in [0.25, 0.3) is 11.1 Å². The van der Waals surface area contributed by atoms with Gasteiger partial charge in [-0.3, -0.25) is 0 Å². The predicted octanol–water partition coefficient (Wildman–Crippen LogP) is 7.37. The van der Waals surface area contributed by atoms with Crippen LogP contribution in [0.5, 0.6) is 0 Å². The highest BCUT2D eigenvalue weighted by Gasteiger charge is 2.47. The molecule has 0 atom stereocenters. The molecule has 4 heteroatoms. The molecule has 142 valence electrons. The Labute approximate surface area is 176 Å². The molecule has 0 N–H and O–H groups in total. The van der Waals surface area contributed by atoms with Gasteiger partial charge in [-0.05, 0) is 49.8 Å². The summed E-state index contributed by atoms with van der Waals surface area (Å²) < 4.78 is 9.55. The minimum absolute atomic E-state index is 0.481. The molecular weight excluding hydrogens is 432 g/mol. The Morgan fingerprint density at radius 1 is 0.889 bits per heavy atom. The summed E-state index contributed by atoms with van der Waals surface area (Å²) in [6.45, 7) is 10.0. The lowest BCUT2D eigenvalue weighted by Gasteiger charge is -2.39. The number of hydrogen-bond donors (Lipinski definition) is 0. The first-order valence-corrected chi connectivity index (χ1v) is 13.2. The molecule has 0 saturated heterocycles. The van der Waals surface area contributed by atoms with Crippen molar-refractivity contribution in [3.63, 3.8) is 0 Å².